The standard InChI is InChI=1S/C13H17FN2O.C10H14O/c14-12-3-1-11(2-4-12)13(17)16-9-10-5-7-15-8-6-10;1-2-8-11-9-10-6-4-3-5-7-10/h1-4,10,15H,5-9H2,(H,16,17);3-7H,2,8-9H2,1H3. The number of rotatable bonds is 7. The fourth-order valence-corrected chi connectivity index (χ4v) is 2.93. The first kappa shape index (κ1) is 22.1. The molecule has 4 nitrogen and oxygen atoms in total. The molecule has 0 saturated carbocycles. The third kappa shape index (κ3) is 8.63. The summed E-state index contributed by atoms with van der Waals surface area (Å²) >= 11 is 0. The van der Waals surface area contributed by atoms with E-state index in [9.17, 15) is 9.18 Å². The van der Waals surface area contributed by atoms with Crippen molar-refractivity contribution in [3.63, 3.8) is 0 Å². The van der Waals surface area contributed by atoms with Gasteiger partial charge in [-0.1, -0.05) is 37.3 Å². The lowest BCUT2D eigenvalue weighted by Gasteiger charge is -2.22. The van der Waals surface area contributed by atoms with Crippen molar-refractivity contribution in [3.8, 4) is 0 Å². The van der Waals surface area contributed by atoms with Gasteiger partial charge in [-0.05, 0) is 68.1 Å². The van der Waals surface area contributed by atoms with Crippen LogP contribution < -0.4 is 10.6 Å². The van der Waals surface area contributed by atoms with Crippen molar-refractivity contribution in [1.29, 1.82) is 0 Å². The number of amides is 1. The van der Waals surface area contributed by atoms with E-state index in [0.717, 1.165) is 45.6 Å². The van der Waals surface area contributed by atoms with Gasteiger partial charge in [0.25, 0.3) is 5.91 Å². The highest BCUT2D eigenvalue weighted by Crippen LogP contribution is 2.10. The van der Waals surface area contributed by atoms with Gasteiger partial charge in [0.2, 0.25) is 0 Å². The van der Waals surface area contributed by atoms with Crippen LogP contribution in [-0.2, 0) is 11.3 Å². The molecule has 0 spiro atoms. The van der Waals surface area contributed by atoms with Crippen molar-refractivity contribution in [1.82, 2.24) is 10.6 Å². The second-order valence-corrected chi connectivity index (χ2v) is 6.95. The average Bonchev–Trinajstić information content (AvgIpc) is 2.75. The molecule has 1 aliphatic rings. The van der Waals surface area contributed by atoms with Gasteiger partial charge in [-0.15, -0.1) is 0 Å². The van der Waals surface area contributed by atoms with Crippen molar-refractivity contribution in [2.75, 3.05) is 26.2 Å². The number of piperidine rings is 1. The molecule has 3 rings (SSSR count). The topological polar surface area (TPSA) is 50.4 Å². The zero-order chi connectivity index (χ0) is 20.0. The minimum atomic E-state index is -0.320. The fourth-order valence-electron chi connectivity index (χ4n) is 2.93. The van der Waals surface area contributed by atoms with Crippen LogP contribution in [0.15, 0.2) is 54.6 Å². The third-order valence-electron chi connectivity index (χ3n) is 4.58. The van der Waals surface area contributed by atoms with Crippen LogP contribution in [0.2, 0.25) is 0 Å². The highest BCUT2D eigenvalue weighted by atomic mass is 19.1. The van der Waals surface area contributed by atoms with Crippen molar-refractivity contribution in [2.24, 2.45) is 5.92 Å². The summed E-state index contributed by atoms with van der Waals surface area (Å²) in [6.45, 7) is 6.47. The first-order valence-corrected chi connectivity index (χ1v) is 10.0. The number of carbonyl (C=O) groups is 1. The van der Waals surface area contributed by atoms with E-state index < -0.39 is 0 Å². The Labute approximate surface area is 167 Å². The van der Waals surface area contributed by atoms with Gasteiger partial charge in [-0.2, -0.15) is 0 Å². The van der Waals surface area contributed by atoms with E-state index in [4.69, 9.17) is 4.74 Å². The Kier molecular flexibility index (Phi) is 10.3. The molecule has 2 aromatic carbocycles. The molecule has 0 aliphatic carbocycles. The Morgan fingerprint density at radius 1 is 1.11 bits per heavy atom. The summed E-state index contributed by atoms with van der Waals surface area (Å²) in [7, 11) is 0. The largest absolute Gasteiger partial charge is 0.377 e. The Hall–Kier alpha value is -2.24. The van der Waals surface area contributed by atoms with Gasteiger partial charge in [0, 0.05) is 18.7 Å². The monoisotopic (exact) mass is 386 g/mol. The highest BCUT2D eigenvalue weighted by molar-refractivity contribution is 5.94. The zero-order valence-corrected chi connectivity index (χ0v) is 16.6. The molecule has 1 saturated heterocycles. The molecule has 0 unspecified atom stereocenters. The fraction of sp³-hybridized carbons (Fsp3) is 0.435. The number of carbonyl (C=O) groups excluding carboxylic acids is 1. The van der Waals surface area contributed by atoms with Crippen LogP contribution >= 0.6 is 0 Å². The molecule has 0 bridgehead atoms. The van der Waals surface area contributed by atoms with Gasteiger partial charge in [0.15, 0.2) is 0 Å². The second kappa shape index (κ2) is 13.0. The molecule has 152 valence electrons. The third-order valence-corrected chi connectivity index (χ3v) is 4.58. The molecule has 2 aromatic rings. The maximum Gasteiger partial charge on any atom is 0.251 e. The van der Waals surface area contributed by atoms with E-state index in [-0.39, 0.29) is 11.7 Å². The van der Waals surface area contributed by atoms with E-state index in [1.165, 1.54) is 29.8 Å². The van der Waals surface area contributed by atoms with E-state index in [2.05, 4.69) is 29.7 Å². The molecular weight excluding hydrogens is 355 g/mol. The van der Waals surface area contributed by atoms with Crippen molar-refractivity contribution < 1.29 is 13.9 Å². The van der Waals surface area contributed by atoms with E-state index >= 15 is 0 Å². The van der Waals surface area contributed by atoms with Gasteiger partial charge in [0.05, 0.1) is 6.61 Å². The van der Waals surface area contributed by atoms with Crippen LogP contribution in [0.3, 0.4) is 0 Å². The summed E-state index contributed by atoms with van der Waals surface area (Å²) in [6.07, 6.45) is 3.29. The lowest BCUT2D eigenvalue weighted by Crippen LogP contribution is -2.35. The lowest BCUT2D eigenvalue weighted by atomic mass is 9.98. The molecule has 0 radical (unpaired) electrons. The van der Waals surface area contributed by atoms with Crippen LogP contribution in [0, 0.1) is 11.7 Å². The number of nitrogens with one attached hydrogen (secondary N) is 2. The molecule has 2 N–H and O–H groups in total. The van der Waals surface area contributed by atoms with Gasteiger partial charge in [-0.25, -0.2) is 4.39 Å². The van der Waals surface area contributed by atoms with Crippen molar-refractivity contribution in [3.05, 3.63) is 71.5 Å². The maximum absolute atomic E-state index is 12.7. The number of hydrogen-bond acceptors (Lipinski definition) is 3. The van der Waals surface area contributed by atoms with Crippen LogP contribution in [0.1, 0.15) is 42.1 Å². The number of hydrogen-bond donors (Lipinski definition) is 2. The first-order chi connectivity index (χ1) is 13.7. The summed E-state index contributed by atoms with van der Waals surface area (Å²) in [6, 6.07) is 15.9. The predicted molar refractivity (Wildman–Crippen MR) is 111 cm³/mol. The second-order valence-electron chi connectivity index (χ2n) is 6.95. The molecule has 1 heterocycles. The molecule has 1 amide bonds. The Balaban J connectivity index is 0.000000221. The molecule has 5 heteroatoms. The molecule has 1 aliphatic heterocycles. The summed E-state index contributed by atoms with van der Waals surface area (Å²) in [5, 5.41) is 6.18. The summed E-state index contributed by atoms with van der Waals surface area (Å²) < 4.78 is 18.1. The summed E-state index contributed by atoms with van der Waals surface area (Å²) in [5.74, 6) is 0.115. The number of benzene rings is 2. The van der Waals surface area contributed by atoms with Crippen LogP contribution in [-0.4, -0.2) is 32.1 Å². The minimum Gasteiger partial charge on any atom is -0.377 e. The average molecular weight is 387 g/mol. The van der Waals surface area contributed by atoms with Gasteiger partial charge < -0.3 is 15.4 Å². The van der Waals surface area contributed by atoms with Crippen molar-refractivity contribution >= 4 is 5.91 Å². The number of halogens is 1. The van der Waals surface area contributed by atoms with E-state index in [1.54, 1.807) is 0 Å². The molecule has 0 aromatic heterocycles. The van der Waals surface area contributed by atoms with Crippen LogP contribution in [0.25, 0.3) is 0 Å². The van der Waals surface area contributed by atoms with Gasteiger partial charge in [-0.3, -0.25) is 4.79 Å². The molecule has 1 fully saturated rings. The minimum absolute atomic E-state index is 0.122. The van der Waals surface area contributed by atoms with Crippen LogP contribution in [0.5, 0.6) is 0 Å². The van der Waals surface area contributed by atoms with Gasteiger partial charge >= 0.3 is 0 Å². The lowest BCUT2D eigenvalue weighted by molar-refractivity contribution is 0.0944. The normalized spacial score (nSPS) is 14.1. The van der Waals surface area contributed by atoms with Gasteiger partial charge in [0.1, 0.15) is 5.82 Å². The van der Waals surface area contributed by atoms with E-state index in [1.807, 2.05) is 18.2 Å². The predicted octanol–water partition coefficient (Wildman–Crippen LogP) is 4.17. The van der Waals surface area contributed by atoms with Crippen LogP contribution in [0.4, 0.5) is 4.39 Å². The van der Waals surface area contributed by atoms with E-state index in [0.29, 0.717) is 18.0 Å². The first-order valence-electron chi connectivity index (χ1n) is 10.0. The maximum atomic E-state index is 12.7. The smallest absolute Gasteiger partial charge is 0.251 e. The zero-order valence-electron chi connectivity index (χ0n) is 16.6. The Morgan fingerprint density at radius 3 is 2.43 bits per heavy atom. The Bertz CT molecular complexity index is 671. The van der Waals surface area contributed by atoms with Crippen molar-refractivity contribution in [2.45, 2.75) is 32.8 Å². The number of ether oxygens (including phenoxy) is 1. The molecule has 28 heavy (non-hydrogen) atoms. The molecule has 0 atom stereocenters. The quantitative estimate of drug-likeness (QED) is 0.702. The summed E-state index contributed by atoms with van der Waals surface area (Å²) in [5.41, 5.74) is 1.77. The highest BCUT2D eigenvalue weighted by Gasteiger charge is 2.14. The SMILES string of the molecule is CCCOCc1ccccc1.O=C(NCC1CCNCC1)c1ccc(F)cc1. The Morgan fingerprint density at radius 2 is 1.79 bits per heavy atom. The molecular formula is C23H31FN2O2. The summed E-state index contributed by atoms with van der Waals surface area (Å²) in [4.78, 5) is 11.7.